The molecule has 1 rings (SSSR count). The van der Waals surface area contributed by atoms with E-state index in [0.717, 1.165) is 36.3 Å². The van der Waals surface area contributed by atoms with Crippen molar-refractivity contribution in [2.45, 2.75) is 45.1 Å². The van der Waals surface area contributed by atoms with Crippen molar-refractivity contribution in [1.29, 1.82) is 0 Å². The standard InChI is InChI=1S/C13H18F4Si/c1-4-18(5-2,6-3)12-9-10(13(15,16)17)7-8-11(12)14/h7-9H,4-6H2,1-3H3. The summed E-state index contributed by atoms with van der Waals surface area (Å²) in [6, 6.07) is 5.09. The van der Waals surface area contributed by atoms with Crippen LogP contribution in [0.25, 0.3) is 0 Å². The molecule has 0 bridgehead atoms. The third-order valence-corrected chi connectivity index (χ3v) is 9.48. The quantitative estimate of drug-likeness (QED) is 0.559. The predicted molar refractivity (Wildman–Crippen MR) is 68.2 cm³/mol. The van der Waals surface area contributed by atoms with E-state index in [2.05, 4.69) is 0 Å². The summed E-state index contributed by atoms with van der Waals surface area (Å²) >= 11 is 0. The van der Waals surface area contributed by atoms with Gasteiger partial charge in [-0.2, -0.15) is 13.2 Å². The molecule has 1 aromatic carbocycles. The minimum Gasteiger partial charge on any atom is -0.207 e. The van der Waals surface area contributed by atoms with Crippen molar-refractivity contribution in [1.82, 2.24) is 0 Å². The molecule has 0 aliphatic carbocycles. The Kier molecular flexibility index (Phi) is 4.59. The first kappa shape index (κ1) is 15.2. The fraction of sp³-hybridized carbons (Fsp3) is 0.538. The number of hydrogen-bond donors (Lipinski definition) is 0. The summed E-state index contributed by atoms with van der Waals surface area (Å²) in [6.07, 6.45) is -4.40. The fourth-order valence-electron chi connectivity index (χ4n) is 2.43. The van der Waals surface area contributed by atoms with Crippen molar-refractivity contribution in [3.8, 4) is 0 Å². The molecule has 102 valence electrons. The lowest BCUT2D eigenvalue weighted by atomic mass is 10.2. The van der Waals surface area contributed by atoms with Gasteiger partial charge in [0.1, 0.15) is 5.82 Å². The van der Waals surface area contributed by atoms with Gasteiger partial charge in [0, 0.05) is 0 Å². The summed E-state index contributed by atoms with van der Waals surface area (Å²) in [5.41, 5.74) is -0.744. The van der Waals surface area contributed by atoms with E-state index in [1.807, 2.05) is 20.8 Å². The van der Waals surface area contributed by atoms with Gasteiger partial charge in [0.05, 0.1) is 13.6 Å². The Morgan fingerprint density at radius 1 is 1.00 bits per heavy atom. The molecule has 0 aliphatic rings. The molecule has 1 aromatic rings. The molecule has 0 N–H and O–H groups in total. The molecule has 0 heterocycles. The van der Waals surface area contributed by atoms with E-state index in [4.69, 9.17) is 0 Å². The first-order valence-corrected chi connectivity index (χ1v) is 8.80. The highest BCUT2D eigenvalue weighted by atomic mass is 28.3. The number of alkyl halides is 3. The van der Waals surface area contributed by atoms with E-state index in [1.165, 1.54) is 0 Å². The number of rotatable bonds is 4. The minimum absolute atomic E-state index is 0.324. The molecule has 0 nitrogen and oxygen atoms in total. The molecule has 0 unspecified atom stereocenters. The van der Waals surface area contributed by atoms with Crippen molar-refractivity contribution >= 4 is 13.3 Å². The summed E-state index contributed by atoms with van der Waals surface area (Å²) in [7, 11) is -2.12. The van der Waals surface area contributed by atoms with Gasteiger partial charge >= 0.3 is 6.18 Å². The van der Waals surface area contributed by atoms with Gasteiger partial charge in [0.25, 0.3) is 0 Å². The maximum Gasteiger partial charge on any atom is 0.416 e. The molecule has 5 heteroatoms. The lowest BCUT2D eigenvalue weighted by molar-refractivity contribution is -0.137. The van der Waals surface area contributed by atoms with E-state index in [1.54, 1.807) is 0 Å². The normalized spacial score (nSPS) is 12.8. The molecule has 0 aromatic heterocycles. The molecular weight excluding hydrogens is 260 g/mol. The van der Waals surface area contributed by atoms with E-state index in [0.29, 0.717) is 5.19 Å². The molecule has 0 aliphatic heterocycles. The van der Waals surface area contributed by atoms with Crippen molar-refractivity contribution in [2.24, 2.45) is 0 Å². The molecular formula is C13H18F4Si. The third-order valence-electron chi connectivity index (χ3n) is 3.90. The Morgan fingerprint density at radius 2 is 1.50 bits per heavy atom. The third kappa shape index (κ3) is 2.76. The van der Waals surface area contributed by atoms with Crippen molar-refractivity contribution < 1.29 is 17.6 Å². The van der Waals surface area contributed by atoms with Crippen LogP contribution < -0.4 is 5.19 Å². The van der Waals surface area contributed by atoms with Crippen LogP contribution in [0.1, 0.15) is 26.3 Å². The van der Waals surface area contributed by atoms with Crippen LogP contribution in [0.3, 0.4) is 0 Å². The van der Waals surface area contributed by atoms with Gasteiger partial charge in [-0.05, 0) is 23.4 Å². The maximum atomic E-state index is 13.9. The van der Waals surface area contributed by atoms with Crippen LogP contribution in [0.5, 0.6) is 0 Å². The van der Waals surface area contributed by atoms with Crippen LogP contribution in [-0.2, 0) is 6.18 Å². The highest BCUT2D eigenvalue weighted by molar-refractivity contribution is 6.91. The van der Waals surface area contributed by atoms with Gasteiger partial charge in [0.2, 0.25) is 0 Å². The summed E-state index contributed by atoms with van der Waals surface area (Å²) < 4.78 is 52.0. The van der Waals surface area contributed by atoms with Crippen molar-refractivity contribution in [3.63, 3.8) is 0 Å². The molecule has 0 radical (unpaired) electrons. The topological polar surface area (TPSA) is 0 Å². The number of hydrogen-bond acceptors (Lipinski definition) is 0. The van der Waals surface area contributed by atoms with Gasteiger partial charge in [0.15, 0.2) is 0 Å². The lowest BCUT2D eigenvalue weighted by Crippen LogP contribution is -2.48. The first-order valence-electron chi connectivity index (χ1n) is 6.18. The Morgan fingerprint density at radius 3 is 1.89 bits per heavy atom. The first-order chi connectivity index (χ1) is 8.30. The zero-order chi connectivity index (χ0) is 14.0. The van der Waals surface area contributed by atoms with Gasteiger partial charge < -0.3 is 0 Å². The second-order valence-electron chi connectivity index (χ2n) is 4.53. The van der Waals surface area contributed by atoms with E-state index >= 15 is 0 Å². The molecule has 0 amide bonds. The van der Waals surface area contributed by atoms with Gasteiger partial charge in [-0.1, -0.05) is 38.9 Å². The number of benzene rings is 1. The fourth-order valence-corrected chi connectivity index (χ4v) is 6.12. The molecule has 0 saturated heterocycles. The smallest absolute Gasteiger partial charge is 0.207 e. The van der Waals surface area contributed by atoms with Crippen LogP contribution in [0.15, 0.2) is 18.2 Å². The maximum absolute atomic E-state index is 13.9. The van der Waals surface area contributed by atoms with Crippen LogP contribution >= 0.6 is 0 Å². The molecule has 0 fully saturated rings. The average molecular weight is 278 g/mol. The second-order valence-corrected chi connectivity index (χ2v) is 9.75. The van der Waals surface area contributed by atoms with E-state index in [9.17, 15) is 17.6 Å². The average Bonchev–Trinajstić information content (AvgIpc) is 2.32. The van der Waals surface area contributed by atoms with Gasteiger partial charge in [-0.3, -0.25) is 0 Å². The SMILES string of the molecule is CC[Si](CC)(CC)c1cc(C(F)(F)F)ccc1F. The van der Waals surface area contributed by atoms with Crippen LogP contribution in [0.4, 0.5) is 17.6 Å². The summed E-state index contributed by atoms with van der Waals surface area (Å²) in [5, 5.41) is 0.324. The Bertz CT molecular complexity index is 400. The number of halogens is 4. The van der Waals surface area contributed by atoms with E-state index < -0.39 is 25.6 Å². The molecule has 0 spiro atoms. The van der Waals surface area contributed by atoms with Crippen molar-refractivity contribution in [2.75, 3.05) is 0 Å². The molecule has 18 heavy (non-hydrogen) atoms. The summed E-state index contributed by atoms with van der Waals surface area (Å²) in [4.78, 5) is 0. The monoisotopic (exact) mass is 278 g/mol. The van der Waals surface area contributed by atoms with Gasteiger partial charge in [-0.15, -0.1) is 0 Å². The summed E-state index contributed by atoms with van der Waals surface area (Å²) in [5.74, 6) is -0.486. The molecule has 0 saturated carbocycles. The van der Waals surface area contributed by atoms with Crippen LogP contribution in [0.2, 0.25) is 18.1 Å². The van der Waals surface area contributed by atoms with Crippen LogP contribution in [-0.4, -0.2) is 8.07 Å². The lowest BCUT2D eigenvalue weighted by Gasteiger charge is -2.29. The van der Waals surface area contributed by atoms with Crippen LogP contribution in [0, 0.1) is 5.82 Å². The van der Waals surface area contributed by atoms with Crippen molar-refractivity contribution in [3.05, 3.63) is 29.6 Å². The summed E-state index contributed by atoms with van der Waals surface area (Å²) in [6.45, 7) is 5.83. The predicted octanol–water partition coefficient (Wildman–Crippen LogP) is 4.56. The highest BCUT2D eigenvalue weighted by Gasteiger charge is 2.36. The Labute approximate surface area is 106 Å². The second kappa shape index (κ2) is 5.43. The Hall–Kier alpha value is -0.843. The molecule has 0 atom stereocenters. The minimum atomic E-state index is -4.40. The Balaban J connectivity index is 3.39. The van der Waals surface area contributed by atoms with E-state index in [-0.39, 0.29) is 0 Å². The zero-order valence-electron chi connectivity index (χ0n) is 10.9. The van der Waals surface area contributed by atoms with Gasteiger partial charge in [-0.25, -0.2) is 4.39 Å². The highest BCUT2D eigenvalue weighted by Crippen LogP contribution is 2.30. The largest absolute Gasteiger partial charge is 0.416 e. The zero-order valence-corrected chi connectivity index (χ0v) is 11.9.